The molecule has 2 atom stereocenters. The van der Waals surface area contributed by atoms with Gasteiger partial charge in [-0.05, 0) is 37.1 Å². The van der Waals surface area contributed by atoms with Crippen LogP contribution < -0.4 is 15.5 Å². The number of hydrogen-bond acceptors (Lipinski definition) is 8. The first-order valence-electron chi connectivity index (χ1n) is 11.1. The fourth-order valence-electron chi connectivity index (χ4n) is 4.21. The van der Waals surface area contributed by atoms with E-state index in [4.69, 9.17) is 0 Å². The van der Waals surface area contributed by atoms with Gasteiger partial charge in [0, 0.05) is 36.8 Å². The van der Waals surface area contributed by atoms with Gasteiger partial charge in [0.25, 0.3) is 0 Å². The molecule has 0 aromatic carbocycles. The van der Waals surface area contributed by atoms with Crippen molar-refractivity contribution in [1.82, 2.24) is 29.5 Å². The normalized spacial score (nSPS) is 20.1. The molecule has 174 valence electrons. The molecule has 4 N–H and O–H groups in total. The lowest BCUT2D eigenvalue weighted by Crippen LogP contribution is -2.40. The summed E-state index contributed by atoms with van der Waals surface area (Å²) < 4.78 is 14.9. The number of aromatic nitrogens is 6. The van der Waals surface area contributed by atoms with Crippen molar-refractivity contribution in [3.8, 4) is 0 Å². The van der Waals surface area contributed by atoms with E-state index < -0.39 is 18.1 Å². The molecule has 34 heavy (non-hydrogen) atoms. The minimum atomic E-state index is -0.724. The van der Waals surface area contributed by atoms with E-state index in [1.54, 1.807) is 9.30 Å². The van der Waals surface area contributed by atoms with Gasteiger partial charge in [-0.3, -0.25) is 14.3 Å². The Labute approximate surface area is 193 Å². The van der Waals surface area contributed by atoms with Crippen LogP contribution in [0.1, 0.15) is 30.9 Å². The minimum absolute atomic E-state index is 0.199. The number of rotatable bonds is 6. The number of carbonyl (C=O) groups excluding carboxylic acids is 1. The van der Waals surface area contributed by atoms with E-state index in [1.807, 2.05) is 24.4 Å². The van der Waals surface area contributed by atoms with Crippen LogP contribution in [-0.2, 0) is 4.79 Å². The number of aliphatic hydroxyl groups is 1. The summed E-state index contributed by atoms with van der Waals surface area (Å²) in [5.74, 6) is 0.979. The first kappa shape index (κ1) is 20.5. The van der Waals surface area contributed by atoms with Gasteiger partial charge >= 0.3 is 0 Å². The van der Waals surface area contributed by atoms with E-state index in [0.29, 0.717) is 35.0 Å². The Hall–Kier alpha value is -4.06. The number of β-amino-alcohol motifs (C(OH)–C–C–N with tert-alkyl or cyclic N) is 1. The molecule has 12 heteroatoms. The van der Waals surface area contributed by atoms with Gasteiger partial charge in [0.1, 0.15) is 11.7 Å². The second-order valence-corrected chi connectivity index (χ2v) is 8.61. The smallest absolute Gasteiger partial charge is 0.247 e. The van der Waals surface area contributed by atoms with Gasteiger partial charge in [-0.1, -0.05) is 0 Å². The Balaban J connectivity index is 1.29. The van der Waals surface area contributed by atoms with Gasteiger partial charge in [0.15, 0.2) is 5.82 Å². The van der Waals surface area contributed by atoms with E-state index in [2.05, 4.69) is 35.8 Å². The Morgan fingerprint density at radius 2 is 2.12 bits per heavy atom. The van der Waals surface area contributed by atoms with Crippen molar-refractivity contribution in [3.05, 3.63) is 54.4 Å². The number of amides is 1. The molecular weight excluding hydrogens is 441 g/mol. The summed E-state index contributed by atoms with van der Waals surface area (Å²) in [6, 6.07) is 7.55. The van der Waals surface area contributed by atoms with Crippen molar-refractivity contribution in [2.24, 2.45) is 0 Å². The number of pyridine rings is 1. The third kappa shape index (κ3) is 3.92. The van der Waals surface area contributed by atoms with Crippen LogP contribution in [0.5, 0.6) is 0 Å². The maximum atomic E-state index is 13.1. The Morgan fingerprint density at radius 1 is 1.24 bits per heavy atom. The Kier molecular flexibility index (Phi) is 4.87. The fourth-order valence-corrected chi connectivity index (χ4v) is 4.21. The predicted octanol–water partition coefficient (Wildman–Crippen LogP) is 2.19. The van der Waals surface area contributed by atoms with Crippen molar-refractivity contribution < 1.29 is 14.3 Å². The highest BCUT2D eigenvalue weighted by molar-refractivity contribution is 5.97. The summed E-state index contributed by atoms with van der Waals surface area (Å²) in [6.45, 7) is 0.199. The number of anilines is 4. The molecule has 0 bridgehead atoms. The Bertz CT molecular complexity index is 1350. The van der Waals surface area contributed by atoms with Crippen LogP contribution in [0.15, 0.2) is 42.7 Å². The summed E-state index contributed by atoms with van der Waals surface area (Å²) in [5, 5.41) is 23.7. The Morgan fingerprint density at radius 3 is 2.91 bits per heavy atom. The van der Waals surface area contributed by atoms with Crippen molar-refractivity contribution in [2.75, 3.05) is 22.1 Å². The highest BCUT2D eigenvalue weighted by atomic mass is 19.1. The van der Waals surface area contributed by atoms with Crippen molar-refractivity contribution in [1.29, 1.82) is 0 Å². The van der Waals surface area contributed by atoms with E-state index in [0.717, 1.165) is 18.5 Å². The largest absolute Gasteiger partial charge is 0.391 e. The standard InChI is InChI=1S/C22H22FN9O2/c23-17-6-5-13(10-24-17)25-20(34)16-8-14(33)11-32(16)22-27-19-2-1-7-31(19)21(28-22)26-18-9-15(29-30-18)12-3-4-12/h1-2,5-7,9-10,12,14,16,33H,3-4,8,11H2,(H,25,34)(H2,26,27,28,29,30)/t14-,16-/m0/s1. The van der Waals surface area contributed by atoms with Gasteiger partial charge in [0.05, 0.1) is 18.0 Å². The number of fused-ring (bicyclic) bond motifs is 1. The molecule has 0 radical (unpaired) electrons. The molecule has 2 aliphatic rings. The van der Waals surface area contributed by atoms with Gasteiger partial charge in [0.2, 0.25) is 23.8 Å². The molecule has 1 aliphatic heterocycles. The van der Waals surface area contributed by atoms with Gasteiger partial charge in [-0.2, -0.15) is 19.5 Å². The maximum absolute atomic E-state index is 13.1. The summed E-state index contributed by atoms with van der Waals surface area (Å²) >= 11 is 0. The molecule has 4 aromatic rings. The van der Waals surface area contributed by atoms with E-state index in [-0.39, 0.29) is 18.9 Å². The third-order valence-corrected chi connectivity index (χ3v) is 6.06. The van der Waals surface area contributed by atoms with Crippen LogP contribution in [0.2, 0.25) is 0 Å². The molecule has 1 amide bonds. The van der Waals surface area contributed by atoms with Crippen LogP contribution in [0, 0.1) is 5.95 Å². The minimum Gasteiger partial charge on any atom is -0.391 e. The van der Waals surface area contributed by atoms with Crippen LogP contribution in [0.25, 0.3) is 5.65 Å². The average molecular weight is 463 g/mol. The van der Waals surface area contributed by atoms with Crippen LogP contribution in [-0.4, -0.2) is 59.3 Å². The molecule has 1 aliphatic carbocycles. The second kappa shape index (κ2) is 8.06. The topological polar surface area (TPSA) is 136 Å². The van der Waals surface area contributed by atoms with Crippen LogP contribution >= 0.6 is 0 Å². The van der Waals surface area contributed by atoms with E-state index in [1.165, 1.54) is 18.3 Å². The number of hydrogen-bond donors (Lipinski definition) is 4. The number of aliphatic hydroxyl groups excluding tert-OH is 1. The summed E-state index contributed by atoms with van der Waals surface area (Å²) in [5.41, 5.74) is 2.09. The lowest BCUT2D eigenvalue weighted by atomic mass is 10.2. The lowest BCUT2D eigenvalue weighted by Gasteiger charge is -2.24. The van der Waals surface area contributed by atoms with Crippen molar-refractivity contribution in [2.45, 2.75) is 37.3 Å². The molecule has 0 spiro atoms. The number of halogens is 1. The fraction of sp³-hybridized carbons (Fsp3) is 0.318. The van der Waals surface area contributed by atoms with Crippen molar-refractivity contribution >= 4 is 35.0 Å². The molecule has 0 unspecified atom stereocenters. The third-order valence-electron chi connectivity index (χ3n) is 6.06. The van der Waals surface area contributed by atoms with Crippen LogP contribution in [0.4, 0.5) is 27.8 Å². The van der Waals surface area contributed by atoms with Gasteiger partial charge in [-0.15, -0.1) is 0 Å². The molecule has 6 rings (SSSR count). The summed E-state index contributed by atoms with van der Waals surface area (Å²) in [6.07, 6.45) is 4.89. The first-order valence-corrected chi connectivity index (χ1v) is 11.1. The molecule has 1 saturated heterocycles. The van der Waals surface area contributed by atoms with Gasteiger partial charge in [-0.25, -0.2) is 4.98 Å². The summed E-state index contributed by atoms with van der Waals surface area (Å²) in [7, 11) is 0. The highest BCUT2D eigenvalue weighted by Crippen LogP contribution is 2.39. The quantitative estimate of drug-likeness (QED) is 0.320. The summed E-state index contributed by atoms with van der Waals surface area (Å²) in [4.78, 5) is 27.5. The monoisotopic (exact) mass is 463 g/mol. The average Bonchev–Trinajstić information content (AvgIpc) is 3.20. The molecule has 11 nitrogen and oxygen atoms in total. The van der Waals surface area contributed by atoms with E-state index in [9.17, 15) is 14.3 Å². The van der Waals surface area contributed by atoms with E-state index >= 15 is 0 Å². The van der Waals surface area contributed by atoms with Gasteiger partial charge < -0.3 is 20.6 Å². The molecule has 4 aromatic heterocycles. The number of aromatic amines is 1. The molecular formula is C22H22FN9O2. The zero-order valence-corrected chi connectivity index (χ0v) is 18.0. The molecule has 1 saturated carbocycles. The maximum Gasteiger partial charge on any atom is 0.247 e. The number of nitrogens with zero attached hydrogens (tertiary/aromatic N) is 6. The zero-order chi connectivity index (χ0) is 23.2. The lowest BCUT2D eigenvalue weighted by molar-refractivity contribution is -0.117. The van der Waals surface area contributed by atoms with Crippen LogP contribution in [0.3, 0.4) is 0 Å². The number of H-pyrrole nitrogens is 1. The predicted molar refractivity (Wildman–Crippen MR) is 121 cm³/mol. The molecule has 5 heterocycles. The first-order chi connectivity index (χ1) is 16.5. The number of carbonyl (C=O) groups is 1. The van der Waals surface area contributed by atoms with Crippen molar-refractivity contribution in [3.63, 3.8) is 0 Å². The second-order valence-electron chi connectivity index (χ2n) is 8.61. The highest BCUT2D eigenvalue weighted by Gasteiger charge is 2.38. The SMILES string of the molecule is O=C(Nc1ccc(F)nc1)[C@@H]1C[C@H](O)CN1c1nc(Nc2cc(C3CC3)[nH]n2)n2cccc2n1. The number of nitrogens with one attached hydrogen (secondary N) is 3. The molecule has 2 fully saturated rings. The zero-order valence-electron chi connectivity index (χ0n) is 18.0.